The van der Waals surface area contributed by atoms with Crippen LogP contribution in [0.2, 0.25) is 0 Å². The standard InChI is InChI=1S/C25H27N3O4/c1-17-3-5-18(6-4-17)22(15-23(27-32)21-11-12-24(30)28(2)16-21)19-7-9-20(10-8-19)25(31)26-13-14-29/h3-12,16,22-23,29H,13-15H2,1-2H3,(H,26,31). The zero-order valence-corrected chi connectivity index (χ0v) is 18.2. The summed E-state index contributed by atoms with van der Waals surface area (Å²) in [7, 11) is 1.64. The van der Waals surface area contributed by atoms with Crippen LogP contribution in [0.1, 0.15) is 51.0 Å². The fourth-order valence-corrected chi connectivity index (χ4v) is 3.68. The molecule has 0 radical (unpaired) electrons. The number of amides is 1. The second-order valence-corrected chi connectivity index (χ2v) is 7.83. The average Bonchev–Trinajstić information content (AvgIpc) is 2.81. The smallest absolute Gasteiger partial charge is 0.251 e. The van der Waals surface area contributed by atoms with Gasteiger partial charge >= 0.3 is 0 Å². The van der Waals surface area contributed by atoms with E-state index in [1.54, 1.807) is 31.4 Å². The van der Waals surface area contributed by atoms with Crippen molar-refractivity contribution in [1.29, 1.82) is 0 Å². The van der Waals surface area contributed by atoms with Crippen molar-refractivity contribution in [1.82, 2.24) is 9.88 Å². The number of rotatable bonds is 9. The Bertz CT molecular complexity index is 1120. The number of nitrogens with one attached hydrogen (secondary N) is 1. The summed E-state index contributed by atoms with van der Waals surface area (Å²) in [6.07, 6.45) is 2.07. The third-order valence-corrected chi connectivity index (χ3v) is 5.53. The molecular weight excluding hydrogens is 406 g/mol. The number of nitrogens with zero attached hydrogens (tertiary/aromatic N) is 2. The molecule has 166 valence electrons. The summed E-state index contributed by atoms with van der Waals surface area (Å²) in [4.78, 5) is 35.7. The minimum atomic E-state index is -0.638. The Labute approximate surface area is 186 Å². The van der Waals surface area contributed by atoms with E-state index in [4.69, 9.17) is 5.11 Å². The number of nitroso groups, excluding NO2 is 1. The molecule has 0 fully saturated rings. The molecule has 1 aromatic heterocycles. The van der Waals surface area contributed by atoms with Gasteiger partial charge in [0.25, 0.3) is 5.91 Å². The van der Waals surface area contributed by atoms with Gasteiger partial charge in [-0.25, -0.2) is 0 Å². The fraction of sp³-hybridized carbons (Fsp3) is 0.280. The van der Waals surface area contributed by atoms with Crippen molar-refractivity contribution in [2.75, 3.05) is 13.2 Å². The van der Waals surface area contributed by atoms with Gasteiger partial charge in [-0.3, -0.25) is 9.59 Å². The van der Waals surface area contributed by atoms with E-state index in [9.17, 15) is 14.5 Å². The van der Waals surface area contributed by atoms with Crippen LogP contribution in [0.4, 0.5) is 0 Å². The molecule has 2 N–H and O–H groups in total. The summed E-state index contributed by atoms with van der Waals surface area (Å²) in [6, 6.07) is 17.8. The molecule has 0 aliphatic rings. The lowest BCUT2D eigenvalue weighted by atomic mass is 9.84. The zero-order valence-electron chi connectivity index (χ0n) is 18.2. The Balaban J connectivity index is 1.94. The summed E-state index contributed by atoms with van der Waals surface area (Å²) in [5, 5.41) is 14.9. The first-order valence-electron chi connectivity index (χ1n) is 10.5. The van der Waals surface area contributed by atoms with Crippen LogP contribution in [-0.4, -0.2) is 28.7 Å². The van der Waals surface area contributed by atoms with Gasteiger partial charge in [-0.05, 0) is 48.2 Å². The summed E-state index contributed by atoms with van der Waals surface area (Å²) in [5.74, 6) is -0.389. The van der Waals surface area contributed by atoms with Crippen molar-refractivity contribution in [3.8, 4) is 0 Å². The molecule has 1 amide bonds. The number of carbonyl (C=O) groups is 1. The Morgan fingerprint density at radius 1 is 1.00 bits per heavy atom. The highest BCUT2D eigenvalue weighted by atomic mass is 16.3. The van der Waals surface area contributed by atoms with Gasteiger partial charge in [0.15, 0.2) is 0 Å². The van der Waals surface area contributed by atoms with Gasteiger partial charge in [0.2, 0.25) is 5.56 Å². The normalized spacial score (nSPS) is 12.7. The molecule has 0 aliphatic carbocycles. The Kier molecular flexibility index (Phi) is 7.68. The molecule has 7 nitrogen and oxygen atoms in total. The number of aromatic nitrogens is 1. The van der Waals surface area contributed by atoms with E-state index >= 15 is 0 Å². The van der Waals surface area contributed by atoms with Gasteiger partial charge in [0.1, 0.15) is 6.04 Å². The largest absolute Gasteiger partial charge is 0.395 e. The second-order valence-electron chi connectivity index (χ2n) is 7.83. The molecule has 3 aromatic rings. The third-order valence-electron chi connectivity index (χ3n) is 5.53. The van der Waals surface area contributed by atoms with Crippen molar-refractivity contribution < 1.29 is 9.90 Å². The highest BCUT2D eigenvalue weighted by Gasteiger charge is 2.23. The summed E-state index contributed by atoms with van der Waals surface area (Å²) in [6.45, 7) is 2.09. The molecule has 1 heterocycles. The number of aliphatic hydroxyl groups is 1. The summed E-state index contributed by atoms with van der Waals surface area (Å²) in [5.41, 5.74) is 4.14. The van der Waals surface area contributed by atoms with Crippen LogP contribution >= 0.6 is 0 Å². The molecule has 0 spiro atoms. The van der Waals surface area contributed by atoms with Gasteiger partial charge < -0.3 is 15.0 Å². The molecular formula is C25H27N3O4. The molecule has 7 heteroatoms. The van der Waals surface area contributed by atoms with Crippen LogP contribution in [0.3, 0.4) is 0 Å². The fourth-order valence-electron chi connectivity index (χ4n) is 3.68. The molecule has 32 heavy (non-hydrogen) atoms. The number of aliphatic hydroxyl groups excluding tert-OH is 1. The van der Waals surface area contributed by atoms with Crippen LogP contribution in [0.25, 0.3) is 0 Å². The predicted octanol–water partition coefficient (Wildman–Crippen LogP) is 3.45. The lowest BCUT2D eigenvalue weighted by molar-refractivity contribution is 0.0944. The summed E-state index contributed by atoms with van der Waals surface area (Å²) < 4.78 is 1.44. The maximum atomic E-state index is 12.2. The van der Waals surface area contributed by atoms with Gasteiger partial charge in [0.05, 0.1) is 6.61 Å². The van der Waals surface area contributed by atoms with Crippen molar-refractivity contribution in [2.45, 2.75) is 25.3 Å². The first-order chi connectivity index (χ1) is 15.4. The van der Waals surface area contributed by atoms with Crippen molar-refractivity contribution >= 4 is 5.91 Å². The molecule has 2 atom stereocenters. The Hall–Kier alpha value is -3.58. The lowest BCUT2D eigenvalue weighted by Gasteiger charge is -2.22. The predicted molar refractivity (Wildman–Crippen MR) is 124 cm³/mol. The van der Waals surface area contributed by atoms with Crippen LogP contribution in [-0.2, 0) is 7.05 Å². The number of benzene rings is 2. The molecule has 0 bridgehead atoms. The maximum Gasteiger partial charge on any atom is 0.251 e. The maximum absolute atomic E-state index is 12.2. The van der Waals surface area contributed by atoms with Crippen molar-refractivity contribution in [3.63, 3.8) is 0 Å². The zero-order chi connectivity index (χ0) is 23.1. The van der Waals surface area contributed by atoms with Crippen molar-refractivity contribution in [3.05, 3.63) is 110 Å². The quantitative estimate of drug-likeness (QED) is 0.505. The first-order valence-corrected chi connectivity index (χ1v) is 10.5. The monoisotopic (exact) mass is 433 g/mol. The minimum Gasteiger partial charge on any atom is -0.395 e. The van der Waals surface area contributed by atoms with E-state index < -0.39 is 6.04 Å². The van der Waals surface area contributed by atoms with Crippen LogP contribution in [0.15, 0.2) is 76.8 Å². The van der Waals surface area contributed by atoms with E-state index in [0.717, 1.165) is 16.7 Å². The molecule has 0 saturated heterocycles. The topological polar surface area (TPSA) is 101 Å². The Morgan fingerprint density at radius 2 is 1.59 bits per heavy atom. The van der Waals surface area contributed by atoms with Gasteiger partial charge in [0, 0.05) is 37.3 Å². The van der Waals surface area contributed by atoms with Crippen LogP contribution in [0, 0.1) is 11.8 Å². The molecule has 0 aliphatic heterocycles. The minimum absolute atomic E-state index is 0.121. The number of hydrogen-bond donors (Lipinski definition) is 2. The summed E-state index contributed by atoms with van der Waals surface area (Å²) >= 11 is 0. The molecule has 0 saturated carbocycles. The first kappa shape index (κ1) is 23.1. The average molecular weight is 434 g/mol. The van der Waals surface area contributed by atoms with Gasteiger partial charge in [-0.15, -0.1) is 0 Å². The molecule has 3 rings (SSSR count). The lowest BCUT2D eigenvalue weighted by Crippen LogP contribution is -2.26. The SMILES string of the molecule is Cc1ccc(C(CC(N=O)c2ccc(=O)n(C)c2)c2ccc(C(=O)NCCO)cc2)cc1. The second kappa shape index (κ2) is 10.6. The van der Waals surface area contributed by atoms with E-state index in [1.807, 2.05) is 43.3 Å². The molecule has 2 aromatic carbocycles. The van der Waals surface area contributed by atoms with E-state index in [0.29, 0.717) is 17.5 Å². The number of aryl methyl sites for hydroxylation is 2. The third kappa shape index (κ3) is 5.56. The highest BCUT2D eigenvalue weighted by Crippen LogP contribution is 2.35. The van der Waals surface area contributed by atoms with Gasteiger partial charge in [-0.1, -0.05) is 47.1 Å². The van der Waals surface area contributed by atoms with E-state index in [-0.39, 0.29) is 30.5 Å². The van der Waals surface area contributed by atoms with Crippen LogP contribution < -0.4 is 10.9 Å². The Morgan fingerprint density at radius 3 is 2.16 bits per heavy atom. The number of pyridine rings is 1. The van der Waals surface area contributed by atoms with Crippen molar-refractivity contribution in [2.24, 2.45) is 12.2 Å². The number of carbonyl (C=O) groups excluding carboxylic acids is 1. The van der Waals surface area contributed by atoms with E-state index in [2.05, 4.69) is 10.5 Å². The molecule has 2 unspecified atom stereocenters. The van der Waals surface area contributed by atoms with Gasteiger partial charge in [-0.2, -0.15) is 4.91 Å². The highest BCUT2D eigenvalue weighted by molar-refractivity contribution is 5.94. The number of hydrogen-bond acceptors (Lipinski definition) is 5. The van der Waals surface area contributed by atoms with Crippen LogP contribution in [0.5, 0.6) is 0 Å². The van der Waals surface area contributed by atoms with E-state index in [1.165, 1.54) is 10.6 Å².